The highest BCUT2D eigenvalue weighted by Gasteiger charge is 2.22. The standard InChI is InChI=1S/C27H30N4O3S/c1-33-22-10-11-23(34-2)26-25(22)29-27(35-26)31-16-14-30(15-17-31)13-12-28-24(32)18-20-8-5-7-19-6-3-4-9-21(19)20/h3-11H,12-18H2,1-2H3,(H,28,32). The van der Waals surface area contributed by atoms with E-state index in [1.54, 1.807) is 25.6 Å². The van der Waals surface area contributed by atoms with Gasteiger partial charge in [0.25, 0.3) is 0 Å². The summed E-state index contributed by atoms with van der Waals surface area (Å²) in [4.78, 5) is 22.1. The van der Waals surface area contributed by atoms with Gasteiger partial charge in [-0.05, 0) is 28.5 Å². The molecule has 3 aromatic carbocycles. The Bertz CT molecular complexity index is 1280. The Labute approximate surface area is 209 Å². The molecule has 0 bridgehead atoms. The Morgan fingerprint density at radius 1 is 0.971 bits per heavy atom. The summed E-state index contributed by atoms with van der Waals surface area (Å²) >= 11 is 1.64. The maximum absolute atomic E-state index is 12.6. The Morgan fingerprint density at radius 2 is 1.71 bits per heavy atom. The van der Waals surface area contributed by atoms with Crippen molar-refractivity contribution in [1.29, 1.82) is 0 Å². The van der Waals surface area contributed by atoms with Crippen LogP contribution in [0.3, 0.4) is 0 Å². The number of benzene rings is 3. The van der Waals surface area contributed by atoms with Gasteiger partial charge in [0.15, 0.2) is 5.13 Å². The second-order valence-corrected chi connectivity index (χ2v) is 9.62. The molecule has 0 aliphatic carbocycles. The normalized spacial score (nSPS) is 14.4. The van der Waals surface area contributed by atoms with E-state index in [2.05, 4.69) is 33.3 Å². The third-order valence-electron chi connectivity index (χ3n) is 6.52. The van der Waals surface area contributed by atoms with Gasteiger partial charge in [0.1, 0.15) is 21.7 Å². The zero-order valence-electron chi connectivity index (χ0n) is 20.1. The summed E-state index contributed by atoms with van der Waals surface area (Å²) in [5.74, 6) is 1.65. The van der Waals surface area contributed by atoms with E-state index in [4.69, 9.17) is 14.5 Å². The summed E-state index contributed by atoms with van der Waals surface area (Å²) in [7, 11) is 3.35. The van der Waals surface area contributed by atoms with Crippen LogP contribution in [0.1, 0.15) is 5.56 Å². The molecular weight excluding hydrogens is 460 g/mol. The van der Waals surface area contributed by atoms with Gasteiger partial charge in [0.05, 0.1) is 20.6 Å². The molecule has 0 atom stereocenters. The highest BCUT2D eigenvalue weighted by atomic mass is 32.1. The Balaban J connectivity index is 1.12. The van der Waals surface area contributed by atoms with Gasteiger partial charge in [0, 0.05) is 39.3 Å². The van der Waals surface area contributed by atoms with Gasteiger partial charge in [-0.2, -0.15) is 0 Å². The summed E-state index contributed by atoms with van der Waals surface area (Å²) in [6, 6.07) is 18.2. The van der Waals surface area contributed by atoms with Gasteiger partial charge in [0.2, 0.25) is 5.91 Å². The Hall–Kier alpha value is -3.36. The van der Waals surface area contributed by atoms with Crippen molar-refractivity contribution >= 4 is 43.4 Å². The largest absolute Gasteiger partial charge is 0.495 e. The SMILES string of the molecule is COc1ccc(OC)c2sc(N3CCN(CCNC(=O)Cc4cccc5ccccc45)CC3)nc12. The minimum absolute atomic E-state index is 0.0670. The zero-order chi connectivity index (χ0) is 24.2. The minimum atomic E-state index is 0.0670. The van der Waals surface area contributed by atoms with Crippen molar-refractivity contribution in [2.24, 2.45) is 0 Å². The van der Waals surface area contributed by atoms with Crippen LogP contribution in [0, 0.1) is 0 Å². The number of anilines is 1. The van der Waals surface area contributed by atoms with Crippen LogP contribution in [-0.2, 0) is 11.2 Å². The molecular formula is C27H30N4O3S. The third-order valence-corrected chi connectivity index (χ3v) is 7.65. The number of ether oxygens (including phenoxy) is 2. The fourth-order valence-electron chi connectivity index (χ4n) is 4.61. The number of carbonyl (C=O) groups excluding carboxylic acids is 1. The van der Waals surface area contributed by atoms with E-state index in [1.165, 1.54) is 5.39 Å². The third kappa shape index (κ3) is 5.04. The van der Waals surface area contributed by atoms with Crippen LogP contribution in [0.15, 0.2) is 54.6 Å². The van der Waals surface area contributed by atoms with E-state index in [0.29, 0.717) is 13.0 Å². The minimum Gasteiger partial charge on any atom is -0.495 e. The number of methoxy groups -OCH3 is 2. The van der Waals surface area contributed by atoms with E-state index in [9.17, 15) is 4.79 Å². The molecule has 5 rings (SSSR count). The first kappa shape index (κ1) is 23.4. The van der Waals surface area contributed by atoms with Crippen molar-refractivity contribution < 1.29 is 14.3 Å². The summed E-state index contributed by atoms with van der Waals surface area (Å²) in [6.45, 7) is 5.16. The van der Waals surface area contributed by atoms with E-state index >= 15 is 0 Å². The number of hydrogen-bond donors (Lipinski definition) is 1. The maximum atomic E-state index is 12.6. The number of aromatic nitrogens is 1. The molecule has 1 aromatic heterocycles. The van der Waals surface area contributed by atoms with E-state index < -0.39 is 0 Å². The van der Waals surface area contributed by atoms with Crippen LogP contribution < -0.4 is 19.7 Å². The van der Waals surface area contributed by atoms with Gasteiger partial charge in [-0.1, -0.05) is 53.8 Å². The van der Waals surface area contributed by atoms with Crippen LogP contribution in [0.25, 0.3) is 21.0 Å². The molecule has 7 nitrogen and oxygen atoms in total. The number of thiazole rings is 1. The average molecular weight is 491 g/mol. The molecule has 0 unspecified atom stereocenters. The molecule has 1 N–H and O–H groups in total. The molecule has 0 radical (unpaired) electrons. The average Bonchev–Trinajstić information content (AvgIpc) is 3.34. The lowest BCUT2D eigenvalue weighted by atomic mass is 10.0. The number of rotatable bonds is 8. The van der Waals surface area contributed by atoms with E-state index in [0.717, 1.165) is 70.5 Å². The zero-order valence-corrected chi connectivity index (χ0v) is 20.9. The number of hydrogen-bond acceptors (Lipinski definition) is 7. The second kappa shape index (κ2) is 10.5. The molecule has 35 heavy (non-hydrogen) atoms. The Morgan fingerprint density at radius 3 is 2.51 bits per heavy atom. The summed E-state index contributed by atoms with van der Waals surface area (Å²) in [5.41, 5.74) is 1.92. The molecule has 0 spiro atoms. The van der Waals surface area contributed by atoms with Crippen LogP contribution in [0.2, 0.25) is 0 Å². The lowest BCUT2D eigenvalue weighted by molar-refractivity contribution is -0.120. The van der Waals surface area contributed by atoms with Crippen molar-refractivity contribution in [3.63, 3.8) is 0 Å². The number of piperazine rings is 1. The highest BCUT2D eigenvalue weighted by Crippen LogP contribution is 2.40. The molecule has 8 heteroatoms. The molecule has 182 valence electrons. The van der Waals surface area contributed by atoms with Crippen LogP contribution in [0.5, 0.6) is 11.5 Å². The molecule has 1 amide bonds. The smallest absolute Gasteiger partial charge is 0.224 e. The summed E-state index contributed by atoms with van der Waals surface area (Å²) < 4.78 is 12.0. The van der Waals surface area contributed by atoms with Gasteiger partial charge in [-0.3, -0.25) is 9.69 Å². The number of carbonyl (C=O) groups is 1. The summed E-state index contributed by atoms with van der Waals surface area (Å²) in [5, 5.41) is 6.40. The van der Waals surface area contributed by atoms with E-state index in [1.807, 2.05) is 36.4 Å². The predicted molar refractivity (Wildman–Crippen MR) is 142 cm³/mol. The van der Waals surface area contributed by atoms with Crippen molar-refractivity contribution in [2.45, 2.75) is 6.42 Å². The molecule has 4 aromatic rings. The second-order valence-electron chi connectivity index (χ2n) is 8.64. The van der Waals surface area contributed by atoms with Gasteiger partial charge >= 0.3 is 0 Å². The quantitative estimate of drug-likeness (QED) is 0.404. The molecule has 1 aliphatic rings. The fraction of sp³-hybridized carbons (Fsp3) is 0.333. The molecule has 2 heterocycles. The predicted octanol–water partition coefficient (Wildman–Crippen LogP) is 3.95. The molecule has 1 aliphatic heterocycles. The first-order valence-electron chi connectivity index (χ1n) is 11.9. The van der Waals surface area contributed by atoms with Crippen molar-refractivity contribution in [3.05, 3.63) is 60.2 Å². The van der Waals surface area contributed by atoms with Gasteiger partial charge in [-0.25, -0.2) is 4.98 Å². The summed E-state index contributed by atoms with van der Waals surface area (Å²) in [6.07, 6.45) is 0.402. The highest BCUT2D eigenvalue weighted by molar-refractivity contribution is 7.22. The maximum Gasteiger partial charge on any atom is 0.224 e. The molecule has 1 fully saturated rings. The lowest BCUT2D eigenvalue weighted by Crippen LogP contribution is -2.48. The number of amides is 1. The topological polar surface area (TPSA) is 66.9 Å². The van der Waals surface area contributed by atoms with Crippen molar-refractivity contribution in [3.8, 4) is 11.5 Å². The fourth-order valence-corrected chi connectivity index (χ4v) is 5.73. The monoisotopic (exact) mass is 490 g/mol. The van der Waals surface area contributed by atoms with Gasteiger partial charge in [-0.15, -0.1) is 0 Å². The van der Waals surface area contributed by atoms with E-state index in [-0.39, 0.29) is 5.91 Å². The first-order valence-corrected chi connectivity index (χ1v) is 12.7. The van der Waals surface area contributed by atoms with Crippen LogP contribution in [0.4, 0.5) is 5.13 Å². The molecule has 0 saturated carbocycles. The van der Waals surface area contributed by atoms with Crippen molar-refractivity contribution in [2.75, 3.05) is 58.4 Å². The van der Waals surface area contributed by atoms with Crippen LogP contribution >= 0.6 is 11.3 Å². The molecule has 1 saturated heterocycles. The first-order chi connectivity index (χ1) is 17.2. The van der Waals surface area contributed by atoms with Crippen molar-refractivity contribution in [1.82, 2.24) is 15.2 Å². The number of fused-ring (bicyclic) bond motifs is 2. The van der Waals surface area contributed by atoms with Gasteiger partial charge < -0.3 is 19.7 Å². The Kier molecular flexibility index (Phi) is 7.01. The number of nitrogens with one attached hydrogen (secondary N) is 1. The van der Waals surface area contributed by atoms with Crippen LogP contribution in [-0.4, -0.2) is 69.3 Å². The number of nitrogens with zero attached hydrogens (tertiary/aromatic N) is 3. The lowest BCUT2D eigenvalue weighted by Gasteiger charge is -2.34.